The number of nitrogens with zero attached hydrogens (tertiary/aromatic N) is 4. The Kier molecular flexibility index (Phi) is 1.60. The van der Waals surface area contributed by atoms with Crippen LogP contribution in [-0.4, -0.2) is 30.5 Å². The number of hydrogen-bond donors (Lipinski definition) is 1. The lowest BCUT2D eigenvalue weighted by atomic mass is 10.4. The minimum absolute atomic E-state index is 0.0255. The number of aryl methyl sites for hydroxylation is 1. The van der Waals surface area contributed by atoms with Gasteiger partial charge in [0.05, 0.1) is 0 Å². The van der Waals surface area contributed by atoms with Crippen LogP contribution in [0.5, 0.6) is 0 Å². The van der Waals surface area contributed by atoms with Crippen molar-refractivity contribution in [3.8, 4) is 0 Å². The number of aromatic nitrogens is 4. The van der Waals surface area contributed by atoms with Gasteiger partial charge >= 0.3 is 5.97 Å². The monoisotopic (exact) mass is 194 g/mol. The Morgan fingerprint density at radius 1 is 1.50 bits per heavy atom. The summed E-state index contributed by atoms with van der Waals surface area (Å²) in [5, 5.41) is 15.6. The van der Waals surface area contributed by atoms with Gasteiger partial charge in [-0.15, -0.1) is 5.10 Å². The molecule has 14 heavy (non-hydrogen) atoms. The molecule has 7 nitrogen and oxygen atoms in total. The first-order chi connectivity index (χ1) is 6.61. The smallest absolute Gasteiger partial charge is 0.358 e. The Labute approximate surface area is 77.2 Å². The normalized spacial score (nSPS) is 10.6. The zero-order valence-electron chi connectivity index (χ0n) is 7.21. The average molecular weight is 194 g/mol. The zero-order valence-corrected chi connectivity index (χ0v) is 7.21. The third-order valence-electron chi connectivity index (χ3n) is 1.85. The summed E-state index contributed by atoms with van der Waals surface area (Å²) in [6, 6.07) is 0. The van der Waals surface area contributed by atoms with Gasteiger partial charge in [0, 0.05) is 19.4 Å². The molecule has 7 heteroatoms. The van der Waals surface area contributed by atoms with Gasteiger partial charge in [-0.1, -0.05) is 5.21 Å². The molecule has 0 aliphatic carbocycles. The Balaban J connectivity index is 2.96. The van der Waals surface area contributed by atoms with Crippen LogP contribution >= 0.6 is 0 Å². The van der Waals surface area contributed by atoms with Gasteiger partial charge in [0.2, 0.25) is 5.69 Å². The number of carboxylic acid groups (broad SMARTS) is 1. The first-order valence-electron chi connectivity index (χ1n) is 3.75. The van der Waals surface area contributed by atoms with E-state index < -0.39 is 11.5 Å². The van der Waals surface area contributed by atoms with Gasteiger partial charge in [0.15, 0.2) is 5.52 Å². The molecule has 0 saturated heterocycles. The Bertz CT molecular complexity index is 568. The molecule has 0 fully saturated rings. The molecule has 0 amide bonds. The highest BCUT2D eigenvalue weighted by molar-refractivity contribution is 5.92. The largest absolute Gasteiger partial charge is 0.476 e. The predicted molar refractivity (Wildman–Crippen MR) is 45.2 cm³/mol. The van der Waals surface area contributed by atoms with E-state index in [1.54, 1.807) is 0 Å². The van der Waals surface area contributed by atoms with Crippen molar-refractivity contribution >= 4 is 11.5 Å². The van der Waals surface area contributed by atoms with Crippen LogP contribution in [0.4, 0.5) is 0 Å². The van der Waals surface area contributed by atoms with Crippen molar-refractivity contribution < 1.29 is 9.90 Å². The Morgan fingerprint density at radius 3 is 2.86 bits per heavy atom. The third-order valence-corrected chi connectivity index (χ3v) is 1.85. The fourth-order valence-electron chi connectivity index (χ4n) is 1.14. The summed E-state index contributed by atoms with van der Waals surface area (Å²) in [5.41, 5.74) is -0.788. The second kappa shape index (κ2) is 2.66. The summed E-state index contributed by atoms with van der Waals surface area (Å²) in [6.45, 7) is 0. The van der Waals surface area contributed by atoms with Gasteiger partial charge in [-0.3, -0.25) is 4.79 Å². The van der Waals surface area contributed by atoms with Gasteiger partial charge in [-0.05, 0) is 0 Å². The van der Waals surface area contributed by atoms with Gasteiger partial charge in [-0.25, -0.2) is 9.31 Å². The lowest BCUT2D eigenvalue weighted by Crippen LogP contribution is -2.19. The van der Waals surface area contributed by atoms with Crippen LogP contribution < -0.4 is 5.56 Å². The second-order valence-electron chi connectivity index (χ2n) is 2.75. The van der Waals surface area contributed by atoms with Crippen LogP contribution in [0.1, 0.15) is 10.5 Å². The summed E-state index contributed by atoms with van der Waals surface area (Å²) in [4.78, 5) is 22.2. The molecular weight excluding hydrogens is 188 g/mol. The molecule has 0 radical (unpaired) electrons. The molecule has 1 N–H and O–H groups in total. The summed E-state index contributed by atoms with van der Waals surface area (Å²) in [7, 11) is 1.53. The molecule has 2 rings (SSSR count). The molecule has 2 aromatic rings. The number of rotatable bonds is 1. The Morgan fingerprint density at radius 2 is 2.21 bits per heavy atom. The van der Waals surface area contributed by atoms with Crippen molar-refractivity contribution in [1.82, 2.24) is 19.4 Å². The third kappa shape index (κ3) is 0.987. The van der Waals surface area contributed by atoms with Crippen molar-refractivity contribution in [3.05, 3.63) is 28.4 Å². The topological polar surface area (TPSA) is 89.5 Å². The average Bonchev–Trinajstić information content (AvgIpc) is 2.55. The highest BCUT2D eigenvalue weighted by atomic mass is 16.4. The summed E-state index contributed by atoms with van der Waals surface area (Å²) in [6.07, 6.45) is 2.95. The number of fused-ring (bicyclic) bond motifs is 1. The number of aromatic carboxylic acids is 1. The maximum Gasteiger partial charge on any atom is 0.358 e. The van der Waals surface area contributed by atoms with Crippen LogP contribution in [0.2, 0.25) is 0 Å². The van der Waals surface area contributed by atoms with Crippen LogP contribution in [0, 0.1) is 0 Å². The van der Waals surface area contributed by atoms with Crippen LogP contribution in [0.15, 0.2) is 17.2 Å². The molecule has 0 atom stereocenters. The van der Waals surface area contributed by atoms with Gasteiger partial charge in [0.25, 0.3) is 5.56 Å². The minimum Gasteiger partial charge on any atom is -0.476 e. The lowest BCUT2D eigenvalue weighted by Gasteiger charge is -1.96. The maximum atomic E-state index is 11.5. The highest BCUT2D eigenvalue weighted by Crippen LogP contribution is 2.00. The van der Waals surface area contributed by atoms with E-state index in [2.05, 4.69) is 10.3 Å². The molecule has 0 saturated carbocycles. The van der Waals surface area contributed by atoms with E-state index in [-0.39, 0.29) is 11.2 Å². The molecule has 0 aromatic carbocycles. The van der Waals surface area contributed by atoms with Crippen molar-refractivity contribution in [2.24, 2.45) is 7.05 Å². The molecule has 0 unspecified atom stereocenters. The van der Waals surface area contributed by atoms with E-state index in [1.807, 2.05) is 0 Å². The van der Waals surface area contributed by atoms with Gasteiger partial charge in [-0.2, -0.15) is 0 Å². The summed E-state index contributed by atoms with van der Waals surface area (Å²) >= 11 is 0. The minimum atomic E-state index is -1.26. The fraction of sp³-hybridized carbons (Fsp3) is 0.143. The van der Waals surface area contributed by atoms with E-state index in [0.29, 0.717) is 0 Å². The molecule has 2 aromatic heterocycles. The standard InChI is InChI=1S/C7H6N4O3/c1-10-2-3-11-5(6(10)12)4(7(13)14)8-9-11/h2-3H,1H3,(H,13,14). The molecule has 0 spiro atoms. The van der Waals surface area contributed by atoms with E-state index in [1.165, 1.54) is 24.0 Å². The van der Waals surface area contributed by atoms with Crippen molar-refractivity contribution in [3.63, 3.8) is 0 Å². The first-order valence-corrected chi connectivity index (χ1v) is 3.75. The van der Waals surface area contributed by atoms with Crippen molar-refractivity contribution in [2.45, 2.75) is 0 Å². The van der Waals surface area contributed by atoms with Crippen molar-refractivity contribution in [2.75, 3.05) is 0 Å². The van der Waals surface area contributed by atoms with Crippen LogP contribution in [0.3, 0.4) is 0 Å². The van der Waals surface area contributed by atoms with Gasteiger partial charge in [0.1, 0.15) is 0 Å². The maximum absolute atomic E-state index is 11.5. The molecule has 2 heterocycles. The SMILES string of the molecule is Cn1ccn2nnc(C(=O)O)c2c1=O. The first kappa shape index (κ1) is 8.42. The summed E-state index contributed by atoms with van der Waals surface area (Å²) < 4.78 is 2.41. The molecule has 72 valence electrons. The van der Waals surface area contributed by atoms with Crippen LogP contribution in [0.25, 0.3) is 5.52 Å². The lowest BCUT2D eigenvalue weighted by molar-refractivity contribution is 0.0692. The summed E-state index contributed by atoms with van der Waals surface area (Å²) in [5.74, 6) is -1.26. The predicted octanol–water partition coefficient (Wildman–Crippen LogP) is -0.874. The van der Waals surface area contributed by atoms with Crippen molar-refractivity contribution in [1.29, 1.82) is 0 Å². The molecule has 0 aliphatic rings. The second-order valence-corrected chi connectivity index (χ2v) is 2.75. The van der Waals surface area contributed by atoms with E-state index in [9.17, 15) is 9.59 Å². The molecular formula is C7H6N4O3. The number of hydrogen-bond acceptors (Lipinski definition) is 4. The van der Waals surface area contributed by atoms with E-state index >= 15 is 0 Å². The Hall–Kier alpha value is -2.18. The quantitative estimate of drug-likeness (QED) is 0.637. The van der Waals surface area contributed by atoms with Gasteiger partial charge < -0.3 is 9.67 Å². The van der Waals surface area contributed by atoms with E-state index in [4.69, 9.17) is 5.11 Å². The fourth-order valence-corrected chi connectivity index (χ4v) is 1.14. The highest BCUT2D eigenvalue weighted by Gasteiger charge is 2.16. The van der Waals surface area contributed by atoms with Crippen LogP contribution in [-0.2, 0) is 7.05 Å². The number of carbonyl (C=O) groups is 1. The zero-order chi connectivity index (χ0) is 10.3. The van der Waals surface area contributed by atoms with E-state index in [0.717, 1.165) is 4.52 Å². The number of carboxylic acids is 1. The molecule has 0 aliphatic heterocycles. The molecule has 0 bridgehead atoms.